The Balaban J connectivity index is 3.70. The Labute approximate surface area is 96.5 Å². The van der Waals surface area contributed by atoms with E-state index >= 15 is 0 Å². The average Bonchev–Trinajstić information content (AvgIpc) is 2.22. The smallest absolute Gasteiger partial charge is 0.333 e. The fourth-order valence-corrected chi connectivity index (χ4v) is 1.71. The molecule has 0 aromatic carbocycles. The molecular formula is C10H17NO4Si. The fraction of sp³-hybridized carbons (Fsp3) is 0.600. The number of amides is 1. The van der Waals surface area contributed by atoms with Crippen LogP contribution in [0.2, 0.25) is 12.6 Å². The second kappa shape index (κ2) is 7.92. The van der Waals surface area contributed by atoms with Crippen molar-refractivity contribution < 1.29 is 18.8 Å². The highest BCUT2D eigenvalue weighted by Crippen LogP contribution is 2.00. The minimum Gasteiger partial charge on any atom is -0.466 e. The van der Waals surface area contributed by atoms with Crippen molar-refractivity contribution in [2.75, 3.05) is 13.7 Å². The Morgan fingerprint density at radius 1 is 1.44 bits per heavy atom. The highest BCUT2D eigenvalue weighted by Gasteiger charge is 2.11. The first-order chi connectivity index (χ1) is 7.47. The van der Waals surface area contributed by atoms with Crippen LogP contribution < -0.4 is 5.32 Å². The van der Waals surface area contributed by atoms with Crippen LogP contribution >= 0.6 is 0 Å². The molecule has 0 aromatic rings. The van der Waals surface area contributed by atoms with E-state index in [9.17, 15) is 14.1 Å². The summed E-state index contributed by atoms with van der Waals surface area (Å²) in [5.41, 5.74) is 0.129. The lowest BCUT2D eigenvalue weighted by molar-refractivity contribution is -0.137. The maximum Gasteiger partial charge on any atom is 0.333 e. The van der Waals surface area contributed by atoms with Gasteiger partial charge in [0.25, 0.3) is 8.68 Å². The van der Waals surface area contributed by atoms with Crippen molar-refractivity contribution in [1.82, 2.24) is 5.32 Å². The molecule has 0 saturated carbocycles. The number of esters is 1. The number of hydrogen-bond acceptors (Lipinski definition) is 4. The number of carbonyl (C=O) groups excluding carboxylic acids is 2. The predicted octanol–water partition coefficient (Wildman–Crippen LogP) is 0.664. The standard InChI is InChI=1S/C10H17NO4Si/c1-8(10(13)15-2)7-9(12)11-5-4-6-16(3)14/h1,4-7H2,2-3H3,(H,11,12). The zero-order valence-electron chi connectivity index (χ0n) is 9.67. The summed E-state index contributed by atoms with van der Waals surface area (Å²) in [6, 6.07) is 0.628. The third-order valence-corrected chi connectivity index (χ3v) is 2.93. The average molecular weight is 243 g/mol. The van der Waals surface area contributed by atoms with Gasteiger partial charge in [-0.2, -0.15) is 0 Å². The minimum absolute atomic E-state index is 0.0615. The Hall–Kier alpha value is -1.30. The topological polar surface area (TPSA) is 72.5 Å². The molecule has 16 heavy (non-hydrogen) atoms. The highest BCUT2D eigenvalue weighted by molar-refractivity contribution is 6.40. The summed E-state index contributed by atoms with van der Waals surface area (Å²) in [4.78, 5) is 22.2. The molecule has 1 N–H and O–H groups in total. The second-order valence-corrected chi connectivity index (χ2v) is 5.33. The minimum atomic E-state index is -1.47. The van der Waals surface area contributed by atoms with Gasteiger partial charge in [0.1, 0.15) is 0 Å². The zero-order valence-corrected chi connectivity index (χ0v) is 10.7. The van der Waals surface area contributed by atoms with E-state index in [0.29, 0.717) is 19.0 Å². The molecule has 0 rings (SSSR count). The van der Waals surface area contributed by atoms with E-state index in [2.05, 4.69) is 16.6 Å². The number of carbonyl (C=O) groups is 2. The number of ether oxygens (including phenoxy) is 1. The number of nitrogens with one attached hydrogen (secondary N) is 1. The molecule has 0 fully saturated rings. The van der Waals surface area contributed by atoms with Crippen LogP contribution in [0, 0.1) is 0 Å². The number of methoxy groups -OCH3 is 1. The molecule has 5 nitrogen and oxygen atoms in total. The summed E-state index contributed by atoms with van der Waals surface area (Å²) in [7, 11) is -0.225. The lowest BCUT2D eigenvalue weighted by Crippen LogP contribution is -2.26. The molecule has 0 spiro atoms. The van der Waals surface area contributed by atoms with Crippen molar-refractivity contribution in [2.24, 2.45) is 0 Å². The van der Waals surface area contributed by atoms with Gasteiger partial charge < -0.3 is 14.5 Å². The molecule has 0 aliphatic rings. The lowest BCUT2D eigenvalue weighted by Gasteiger charge is -2.05. The molecule has 90 valence electrons. The second-order valence-electron chi connectivity index (χ2n) is 3.43. The summed E-state index contributed by atoms with van der Waals surface area (Å²) in [6.07, 6.45) is 0.624. The van der Waals surface area contributed by atoms with Gasteiger partial charge in [-0.05, 0) is 19.0 Å². The molecule has 1 amide bonds. The van der Waals surface area contributed by atoms with Crippen LogP contribution in [0.15, 0.2) is 12.2 Å². The van der Waals surface area contributed by atoms with Gasteiger partial charge in [0, 0.05) is 12.1 Å². The normalized spacial score (nSPS) is 9.38. The van der Waals surface area contributed by atoms with Gasteiger partial charge in [0.05, 0.1) is 13.5 Å². The molecule has 0 unspecified atom stereocenters. The third-order valence-electron chi connectivity index (χ3n) is 1.88. The van der Waals surface area contributed by atoms with Crippen LogP contribution in [0.5, 0.6) is 0 Å². The Morgan fingerprint density at radius 2 is 2.06 bits per heavy atom. The highest BCUT2D eigenvalue weighted by atomic mass is 28.3. The van der Waals surface area contributed by atoms with E-state index in [1.165, 1.54) is 7.11 Å². The van der Waals surface area contributed by atoms with Gasteiger partial charge in [-0.3, -0.25) is 4.79 Å². The van der Waals surface area contributed by atoms with Gasteiger partial charge >= 0.3 is 5.97 Å². The molecule has 6 heteroatoms. The van der Waals surface area contributed by atoms with Gasteiger partial charge in [0.2, 0.25) is 5.91 Å². The molecular weight excluding hydrogens is 226 g/mol. The van der Waals surface area contributed by atoms with E-state index in [0.717, 1.165) is 0 Å². The molecule has 0 saturated heterocycles. The predicted molar refractivity (Wildman–Crippen MR) is 60.5 cm³/mol. The molecule has 0 aliphatic heterocycles. The SMILES string of the molecule is C=C(CC(=O)NCCC[Si](C)=O)C(=O)OC. The molecule has 0 radical (unpaired) electrons. The van der Waals surface area contributed by atoms with E-state index < -0.39 is 14.7 Å². The lowest BCUT2D eigenvalue weighted by atomic mass is 10.2. The summed E-state index contributed by atoms with van der Waals surface area (Å²) in [5, 5.41) is 2.62. The Morgan fingerprint density at radius 3 is 2.56 bits per heavy atom. The molecule has 0 heterocycles. The number of hydrogen-bond donors (Lipinski definition) is 1. The van der Waals surface area contributed by atoms with E-state index in [4.69, 9.17) is 0 Å². The van der Waals surface area contributed by atoms with Crippen molar-refractivity contribution in [3.63, 3.8) is 0 Å². The van der Waals surface area contributed by atoms with Crippen molar-refractivity contribution in [2.45, 2.75) is 25.4 Å². The third kappa shape index (κ3) is 7.05. The van der Waals surface area contributed by atoms with Crippen LogP contribution in [0.1, 0.15) is 12.8 Å². The van der Waals surface area contributed by atoms with Crippen molar-refractivity contribution in [3.05, 3.63) is 12.2 Å². The summed E-state index contributed by atoms with van der Waals surface area (Å²) >= 11 is 0. The molecule has 0 aliphatic carbocycles. The van der Waals surface area contributed by atoms with Crippen molar-refractivity contribution >= 4 is 20.6 Å². The van der Waals surface area contributed by atoms with Gasteiger partial charge in [-0.1, -0.05) is 6.58 Å². The van der Waals surface area contributed by atoms with Gasteiger partial charge in [-0.15, -0.1) is 0 Å². The summed E-state index contributed by atoms with van der Waals surface area (Å²) < 4.78 is 15.2. The molecule has 0 atom stereocenters. The fourth-order valence-electron chi connectivity index (χ4n) is 1.04. The van der Waals surface area contributed by atoms with Gasteiger partial charge in [-0.25, -0.2) is 4.79 Å². The van der Waals surface area contributed by atoms with Crippen molar-refractivity contribution in [3.8, 4) is 0 Å². The first kappa shape index (κ1) is 14.7. The van der Waals surface area contributed by atoms with Crippen LogP contribution in [-0.4, -0.2) is 34.2 Å². The zero-order chi connectivity index (χ0) is 12.6. The quantitative estimate of drug-likeness (QED) is 0.309. The molecule has 0 bridgehead atoms. The molecule has 0 aromatic heterocycles. The van der Waals surface area contributed by atoms with Crippen LogP contribution in [0.3, 0.4) is 0 Å². The Kier molecular flexibility index (Phi) is 7.28. The van der Waals surface area contributed by atoms with Crippen LogP contribution in [0.4, 0.5) is 0 Å². The van der Waals surface area contributed by atoms with E-state index in [1.54, 1.807) is 6.55 Å². The number of rotatable bonds is 7. The van der Waals surface area contributed by atoms with E-state index in [1.807, 2.05) is 0 Å². The summed E-state index contributed by atoms with van der Waals surface area (Å²) in [5.74, 6) is -0.847. The largest absolute Gasteiger partial charge is 0.466 e. The first-order valence-electron chi connectivity index (χ1n) is 4.99. The first-order valence-corrected chi connectivity index (χ1v) is 7.11. The van der Waals surface area contributed by atoms with Crippen molar-refractivity contribution in [1.29, 1.82) is 0 Å². The Bertz CT molecular complexity index is 301. The van der Waals surface area contributed by atoms with E-state index in [-0.39, 0.29) is 17.9 Å². The monoisotopic (exact) mass is 243 g/mol. The maximum absolute atomic E-state index is 11.3. The van der Waals surface area contributed by atoms with Crippen LogP contribution in [-0.2, 0) is 18.8 Å². The van der Waals surface area contributed by atoms with Gasteiger partial charge in [0.15, 0.2) is 0 Å². The summed E-state index contributed by atoms with van der Waals surface area (Å²) in [6.45, 7) is 5.60. The maximum atomic E-state index is 11.3. The van der Waals surface area contributed by atoms with Crippen LogP contribution in [0.25, 0.3) is 0 Å².